The largest absolute Gasteiger partial charge is 0.494 e. The minimum atomic E-state index is -4.00. The summed E-state index contributed by atoms with van der Waals surface area (Å²) in [5.41, 5.74) is 5.98. The number of carbonyl (C=O) groups is 2. The first kappa shape index (κ1) is 53.4. The van der Waals surface area contributed by atoms with Crippen LogP contribution in [0.3, 0.4) is 0 Å². The molecule has 0 radical (unpaired) electrons. The summed E-state index contributed by atoms with van der Waals surface area (Å²) in [4.78, 5) is 32.6. The molecule has 0 bridgehead atoms. The highest BCUT2D eigenvalue weighted by Gasteiger charge is 2.35. The van der Waals surface area contributed by atoms with E-state index in [1.807, 2.05) is 62.4 Å². The Labute approximate surface area is 453 Å². The van der Waals surface area contributed by atoms with Crippen molar-refractivity contribution in [3.63, 3.8) is 0 Å². The third-order valence-corrected chi connectivity index (χ3v) is 17.8. The van der Waals surface area contributed by atoms with Gasteiger partial charge in [0.05, 0.1) is 36.8 Å². The lowest BCUT2D eigenvalue weighted by Crippen LogP contribution is -2.49. The molecule has 4 aliphatic rings. The number of rotatable bonds is 15. The monoisotopic (exact) mass is 1090 g/mol. The summed E-state index contributed by atoms with van der Waals surface area (Å²) in [6.07, 6.45) is 4.54. The second-order valence-corrected chi connectivity index (χ2v) is 23.1. The van der Waals surface area contributed by atoms with Crippen molar-refractivity contribution >= 4 is 56.0 Å². The van der Waals surface area contributed by atoms with Gasteiger partial charge in [-0.3, -0.25) is 14.5 Å². The van der Waals surface area contributed by atoms with E-state index in [4.69, 9.17) is 31.1 Å². The Hall–Kier alpha value is -7.05. The summed E-state index contributed by atoms with van der Waals surface area (Å²) in [5.74, 6) is 1.03. The smallest absolute Gasteiger partial charge is 0.304 e. The Balaban J connectivity index is 0.700. The quantitative estimate of drug-likeness (QED) is 0.103. The van der Waals surface area contributed by atoms with Crippen molar-refractivity contribution in [2.24, 2.45) is 13.0 Å². The van der Waals surface area contributed by atoms with Gasteiger partial charge in [0.15, 0.2) is 11.5 Å². The van der Waals surface area contributed by atoms with Gasteiger partial charge < -0.3 is 34.4 Å². The summed E-state index contributed by atoms with van der Waals surface area (Å²) in [6, 6.07) is 25.6. The summed E-state index contributed by atoms with van der Waals surface area (Å²) >= 11 is 6.18. The van der Waals surface area contributed by atoms with Gasteiger partial charge in [0, 0.05) is 89.2 Å². The average molecular weight is 1090 g/mol. The van der Waals surface area contributed by atoms with E-state index in [9.17, 15) is 23.1 Å². The number of nitriles is 1. The number of hydrogen-bond donors (Lipinski definition) is 2. The lowest BCUT2D eigenvalue weighted by atomic mass is 9.86. The van der Waals surface area contributed by atoms with Gasteiger partial charge in [-0.2, -0.15) is 9.57 Å². The van der Waals surface area contributed by atoms with E-state index in [-0.39, 0.29) is 42.5 Å². The number of aliphatic carboxylic acids is 1. The molecule has 1 aliphatic carbocycles. The SMILES string of the molecule is COc1cc(C(CC(=O)O)c2ccc(C)c(CN3C[C@@H](C)Oc4cc(N5CCN(CC6CCN(c7ccc(C(=O)NC8CCC(Oc9ccc(C#N)c(Cl)c9)CC8)nn7)CC6)CC5)ccc4S3(=O)=O)c2)cc2nnn(C)c12. The topological polar surface area (TPSA) is 221 Å². The number of carboxylic acids is 1. The van der Waals surface area contributed by atoms with Gasteiger partial charge in [-0.15, -0.1) is 15.3 Å². The molecule has 2 aromatic heterocycles. The molecule has 10 rings (SSSR count). The van der Waals surface area contributed by atoms with Crippen molar-refractivity contribution in [2.75, 3.05) is 69.3 Å². The van der Waals surface area contributed by atoms with Gasteiger partial charge in [0.25, 0.3) is 5.91 Å². The first-order valence-electron chi connectivity index (χ1n) is 26.3. The van der Waals surface area contributed by atoms with Crippen LogP contribution in [0.15, 0.2) is 83.8 Å². The Morgan fingerprint density at radius 1 is 0.896 bits per heavy atom. The number of nitrogens with zero attached hydrogens (tertiary/aromatic N) is 10. The van der Waals surface area contributed by atoms with Gasteiger partial charge >= 0.3 is 5.97 Å². The van der Waals surface area contributed by atoms with Crippen molar-refractivity contribution < 1.29 is 37.3 Å². The van der Waals surface area contributed by atoms with Crippen molar-refractivity contribution in [3.05, 3.63) is 117 Å². The molecule has 0 spiro atoms. The van der Waals surface area contributed by atoms with E-state index in [0.717, 1.165) is 113 Å². The van der Waals surface area contributed by atoms with E-state index in [1.165, 1.54) is 4.31 Å². The van der Waals surface area contributed by atoms with Crippen LogP contribution in [0, 0.1) is 24.2 Å². The van der Waals surface area contributed by atoms with Gasteiger partial charge in [0.2, 0.25) is 10.0 Å². The Bertz CT molecular complexity index is 3290. The molecule has 6 aromatic rings. The Kier molecular flexibility index (Phi) is 15.9. The number of methoxy groups -OCH3 is 1. The molecule has 3 fully saturated rings. The summed E-state index contributed by atoms with van der Waals surface area (Å²) < 4.78 is 50.3. The fourth-order valence-corrected chi connectivity index (χ4v) is 13.1. The number of nitrogens with one attached hydrogen (secondary N) is 1. The van der Waals surface area contributed by atoms with E-state index in [2.05, 4.69) is 46.6 Å². The molecular weight excluding hydrogens is 1020 g/mol. The average Bonchev–Trinajstić information content (AvgIpc) is 3.77. The number of aryl methyl sites for hydroxylation is 2. The maximum absolute atomic E-state index is 14.5. The van der Waals surface area contributed by atoms with Crippen molar-refractivity contribution in [1.29, 1.82) is 5.26 Å². The zero-order chi connectivity index (χ0) is 54.0. The minimum absolute atomic E-state index is 0.00966. The van der Waals surface area contributed by atoms with Crippen LogP contribution in [0.2, 0.25) is 5.02 Å². The molecule has 4 aromatic carbocycles. The molecule has 77 heavy (non-hydrogen) atoms. The number of halogens is 1. The molecule has 2 atom stereocenters. The summed E-state index contributed by atoms with van der Waals surface area (Å²) in [5, 5.41) is 39.9. The number of sulfonamides is 1. The minimum Gasteiger partial charge on any atom is -0.494 e. The predicted octanol–water partition coefficient (Wildman–Crippen LogP) is 7.34. The third-order valence-electron chi connectivity index (χ3n) is 15.6. The highest BCUT2D eigenvalue weighted by atomic mass is 35.5. The molecule has 1 amide bonds. The number of anilines is 2. The molecule has 19 nitrogen and oxygen atoms in total. The normalized spacial score (nSPS) is 20.6. The van der Waals surface area contributed by atoms with Crippen LogP contribution in [0.25, 0.3) is 11.0 Å². The fraction of sp³-hybridized carbons (Fsp3) is 0.446. The number of carbonyl (C=O) groups excluding carboxylic acids is 1. The molecule has 404 valence electrons. The molecule has 1 unspecified atom stereocenters. The predicted molar refractivity (Wildman–Crippen MR) is 290 cm³/mol. The number of piperidine rings is 1. The van der Waals surface area contributed by atoms with Crippen molar-refractivity contribution in [1.82, 2.24) is 39.7 Å². The highest BCUT2D eigenvalue weighted by molar-refractivity contribution is 7.89. The molecule has 1 saturated carbocycles. The second kappa shape index (κ2) is 22.9. The lowest BCUT2D eigenvalue weighted by Gasteiger charge is -2.39. The van der Waals surface area contributed by atoms with Crippen molar-refractivity contribution in [2.45, 2.75) is 94.4 Å². The van der Waals surface area contributed by atoms with Gasteiger partial charge in [-0.05, 0) is 129 Å². The number of piperazine rings is 1. The zero-order valence-electron chi connectivity index (χ0n) is 43.8. The summed E-state index contributed by atoms with van der Waals surface area (Å²) in [7, 11) is -0.683. The van der Waals surface area contributed by atoms with Crippen LogP contribution in [0.5, 0.6) is 17.2 Å². The van der Waals surface area contributed by atoms with Gasteiger partial charge in [0.1, 0.15) is 45.4 Å². The molecule has 3 aliphatic heterocycles. The van der Waals surface area contributed by atoms with Crippen LogP contribution >= 0.6 is 11.6 Å². The number of hydrogen-bond acceptors (Lipinski definition) is 15. The van der Waals surface area contributed by atoms with Crippen LogP contribution < -0.4 is 29.3 Å². The molecule has 5 heterocycles. The first-order chi connectivity index (χ1) is 37.1. The first-order valence-corrected chi connectivity index (χ1v) is 28.2. The van der Waals surface area contributed by atoms with E-state index >= 15 is 0 Å². The number of amides is 1. The number of benzene rings is 4. The zero-order valence-corrected chi connectivity index (χ0v) is 45.3. The van der Waals surface area contributed by atoms with Crippen molar-refractivity contribution in [3.8, 4) is 23.3 Å². The third kappa shape index (κ3) is 11.9. The van der Waals surface area contributed by atoms with Gasteiger partial charge in [-0.1, -0.05) is 35.0 Å². The lowest BCUT2D eigenvalue weighted by molar-refractivity contribution is -0.137. The van der Waals surface area contributed by atoms with Crippen LogP contribution in [0.4, 0.5) is 11.5 Å². The molecule has 2 N–H and O–H groups in total. The van der Waals surface area contributed by atoms with Crippen LogP contribution in [-0.2, 0) is 28.4 Å². The standard InChI is InChI=1S/C56H64ClN11O8S/c1-35-5-6-38(46(30-54(69)70)40-26-49-55(51(27-40)74-4)64(3)63-61-49)25-41(35)34-68-32-36(2)75-50-28-43(10-15-52(50)77(68,72)73)66-23-21-65(22-24-66)33-37-17-19-67(20-18-37)53-16-14-48(60-62-53)56(71)59-42-8-12-44(13-9-42)76-45-11-7-39(31-58)47(57)29-45/h5-7,10-11,14-16,25-29,36-37,42,44,46H,8-9,12-13,17-24,30,32-34H2,1-4H3,(H,59,71)(H,69,70)/t36-,42?,44?,46?/m1/s1. The Morgan fingerprint density at radius 2 is 1.68 bits per heavy atom. The second-order valence-electron chi connectivity index (χ2n) is 20.8. The van der Waals surface area contributed by atoms with E-state index in [0.29, 0.717) is 56.0 Å². The van der Waals surface area contributed by atoms with E-state index in [1.54, 1.807) is 49.2 Å². The molecule has 2 saturated heterocycles. The maximum atomic E-state index is 14.5. The number of fused-ring (bicyclic) bond motifs is 2. The molecule has 21 heteroatoms. The number of carboxylic acid groups (broad SMARTS) is 1. The van der Waals surface area contributed by atoms with Crippen LogP contribution in [-0.4, -0.2) is 138 Å². The maximum Gasteiger partial charge on any atom is 0.304 e. The number of aromatic nitrogens is 5. The molecular formula is C56H64ClN11O8S. The van der Waals surface area contributed by atoms with Crippen LogP contribution in [0.1, 0.15) is 96.1 Å². The van der Waals surface area contributed by atoms with E-state index < -0.39 is 28.0 Å². The fourth-order valence-electron chi connectivity index (χ4n) is 11.3. The Morgan fingerprint density at radius 3 is 2.38 bits per heavy atom. The number of ether oxygens (including phenoxy) is 3. The summed E-state index contributed by atoms with van der Waals surface area (Å²) in [6.45, 7) is 10.1. The van der Waals surface area contributed by atoms with Gasteiger partial charge in [-0.25, -0.2) is 13.1 Å². The highest BCUT2D eigenvalue weighted by Crippen LogP contribution is 2.39.